The molecular formula is C11H14F2N2O3. The molecule has 1 aromatic rings. The lowest BCUT2D eigenvalue weighted by Crippen LogP contribution is -2.38. The van der Waals surface area contributed by atoms with Gasteiger partial charge in [0.25, 0.3) is 0 Å². The van der Waals surface area contributed by atoms with Crippen molar-refractivity contribution in [3.63, 3.8) is 0 Å². The fourth-order valence-electron chi connectivity index (χ4n) is 1.15. The summed E-state index contributed by atoms with van der Waals surface area (Å²) in [5.74, 6) is -1.55. The van der Waals surface area contributed by atoms with Gasteiger partial charge in [-0.05, 0) is 12.1 Å². The molecule has 18 heavy (non-hydrogen) atoms. The summed E-state index contributed by atoms with van der Waals surface area (Å²) in [4.78, 5) is 11.0. The molecule has 5 nitrogen and oxygen atoms in total. The van der Waals surface area contributed by atoms with Crippen LogP contribution in [0.2, 0.25) is 0 Å². The quantitative estimate of drug-likeness (QED) is 0.657. The maximum Gasteiger partial charge on any atom is 0.314 e. The minimum Gasteiger partial charge on any atom is -0.489 e. The molecule has 0 radical (unpaired) electrons. The number of ether oxygens (including phenoxy) is 1. The number of nitrogens with one attached hydrogen (secondary N) is 2. The van der Waals surface area contributed by atoms with Crippen molar-refractivity contribution in [1.29, 1.82) is 0 Å². The standard InChI is InChI=1S/C11H14F2N2O3/c12-8-1-2-10(9(13)7-8)18-6-4-15-11(17)14-3-5-16/h1-2,7,16H,3-6H2,(H2,14,15,17). The van der Waals surface area contributed by atoms with Crippen LogP contribution in [-0.4, -0.2) is 37.4 Å². The van der Waals surface area contributed by atoms with Gasteiger partial charge in [0, 0.05) is 12.6 Å². The first-order valence-corrected chi connectivity index (χ1v) is 5.34. The lowest BCUT2D eigenvalue weighted by molar-refractivity contribution is 0.230. The van der Waals surface area contributed by atoms with Crippen molar-refractivity contribution in [3.05, 3.63) is 29.8 Å². The summed E-state index contributed by atoms with van der Waals surface area (Å²) in [7, 11) is 0. The van der Waals surface area contributed by atoms with E-state index in [1.807, 2.05) is 0 Å². The second-order valence-electron chi connectivity index (χ2n) is 3.33. The van der Waals surface area contributed by atoms with E-state index in [4.69, 9.17) is 9.84 Å². The zero-order valence-corrected chi connectivity index (χ0v) is 9.58. The first kappa shape index (κ1) is 14.2. The van der Waals surface area contributed by atoms with Crippen LogP contribution in [0, 0.1) is 11.6 Å². The lowest BCUT2D eigenvalue weighted by atomic mass is 10.3. The third-order valence-corrected chi connectivity index (χ3v) is 1.94. The third kappa shape index (κ3) is 4.96. The molecule has 100 valence electrons. The average molecular weight is 260 g/mol. The number of hydrogen-bond acceptors (Lipinski definition) is 3. The highest BCUT2D eigenvalue weighted by molar-refractivity contribution is 5.73. The summed E-state index contributed by atoms with van der Waals surface area (Å²) in [6.07, 6.45) is 0. The Hall–Kier alpha value is -1.89. The van der Waals surface area contributed by atoms with Crippen LogP contribution in [0.4, 0.5) is 13.6 Å². The van der Waals surface area contributed by atoms with Crippen LogP contribution in [0.3, 0.4) is 0 Å². The minimum atomic E-state index is -0.792. The smallest absolute Gasteiger partial charge is 0.314 e. The molecule has 1 rings (SSSR count). The number of hydrogen-bond donors (Lipinski definition) is 3. The SMILES string of the molecule is O=C(NCCO)NCCOc1ccc(F)cc1F. The molecule has 7 heteroatoms. The molecule has 0 spiro atoms. The highest BCUT2D eigenvalue weighted by atomic mass is 19.1. The lowest BCUT2D eigenvalue weighted by Gasteiger charge is -2.09. The van der Waals surface area contributed by atoms with Crippen LogP contribution in [0.1, 0.15) is 0 Å². The zero-order chi connectivity index (χ0) is 13.4. The maximum absolute atomic E-state index is 13.1. The van der Waals surface area contributed by atoms with Gasteiger partial charge in [0.1, 0.15) is 12.4 Å². The number of aliphatic hydroxyl groups is 1. The summed E-state index contributed by atoms with van der Waals surface area (Å²) in [5, 5.41) is 13.3. The molecule has 2 amide bonds. The Morgan fingerprint density at radius 2 is 2.00 bits per heavy atom. The van der Waals surface area contributed by atoms with Crippen molar-refractivity contribution in [1.82, 2.24) is 10.6 Å². The van der Waals surface area contributed by atoms with Crippen LogP contribution < -0.4 is 15.4 Å². The van der Waals surface area contributed by atoms with E-state index < -0.39 is 17.7 Å². The van der Waals surface area contributed by atoms with Crippen LogP contribution in [0.5, 0.6) is 5.75 Å². The molecule has 0 saturated heterocycles. The van der Waals surface area contributed by atoms with Gasteiger partial charge < -0.3 is 20.5 Å². The van der Waals surface area contributed by atoms with Crippen molar-refractivity contribution in [2.45, 2.75) is 0 Å². The van der Waals surface area contributed by atoms with E-state index in [2.05, 4.69) is 10.6 Å². The second-order valence-corrected chi connectivity index (χ2v) is 3.33. The molecule has 0 unspecified atom stereocenters. The largest absolute Gasteiger partial charge is 0.489 e. The number of aliphatic hydroxyl groups excluding tert-OH is 1. The minimum absolute atomic E-state index is 0.0507. The molecule has 0 fully saturated rings. The van der Waals surface area contributed by atoms with Crippen molar-refractivity contribution >= 4 is 6.03 Å². The fraction of sp³-hybridized carbons (Fsp3) is 0.364. The summed E-state index contributed by atoms with van der Waals surface area (Å²) >= 11 is 0. The summed E-state index contributed by atoms with van der Waals surface area (Å²) in [6, 6.07) is 2.53. The third-order valence-electron chi connectivity index (χ3n) is 1.94. The Morgan fingerprint density at radius 1 is 1.28 bits per heavy atom. The van der Waals surface area contributed by atoms with E-state index in [0.29, 0.717) is 0 Å². The van der Waals surface area contributed by atoms with Crippen molar-refractivity contribution in [3.8, 4) is 5.75 Å². The molecule has 0 saturated carbocycles. The molecule has 0 aliphatic carbocycles. The Bertz CT molecular complexity index is 402. The second kappa shape index (κ2) is 7.44. The van der Waals surface area contributed by atoms with E-state index in [1.54, 1.807) is 0 Å². The number of carbonyl (C=O) groups excluding carboxylic acids is 1. The number of urea groups is 1. The van der Waals surface area contributed by atoms with Gasteiger partial charge >= 0.3 is 6.03 Å². The predicted molar refractivity (Wildman–Crippen MR) is 60.3 cm³/mol. The fourth-order valence-corrected chi connectivity index (χ4v) is 1.15. The van der Waals surface area contributed by atoms with Crippen molar-refractivity contribution in [2.24, 2.45) is 0 Å². The maximum atomic E-state index is 13.1. The first-order valence-electron chi connectivity index (χ1n) is 5.34. The van der Waals surface area contributed by atoms with Gasteiger partial charge in [-0.25, -0.2) is 13.6 Å². The van der Waals surface area contributed by atoms with E-state index in [1.165, 1.54) is 6.07 Å². The molecule has 0 atom stereocenters. The van der Waals surface area contributed by atoms with Crippen LogP contribution in [-0.2, 0) is 0 Å². The van der Waals surface area contributed by atoms with Gasteiger partial charge in [-0.2, -0.15) is 0 Å². The van der Waals surface area contributed by atoms with Gasteiger partial charge in [-0.1, -0.05) is 0 Å². The Labute approximate surface area is 103 Å². The van der Waals surface area contributed by atoms with E-state index >= 15 is 0 Å². The summed E-state index contributed by atoms with van der Waals surface area (Å²) in [5.41, 5.74) is 0. The van der Waals surface area contributed by atoms with E-state index in [0.717, 1.165) is 12.1 Å². The van der Waals surface area contributed by atoms with Gasteiger partial charge in [-0.15, -0.1) is 0 Å². The normalized spacial score (nSPS) is 9.94. The zero-order valence-electron chi connectivity index (χ0n) is 9.58. The van der Waals surface area contributed by atoms with Crippen LogP contribution in [0.15, 0.2) is 18.2 Å². The Balaban J connectivity index is 2.23. The molecule has 0 heterocycles. The molecule has 1 aromatic carbocycles. The summed E-state index contributed by atoms with van der Waals surface area (Å²) in [6.45, 7) is 0.215. The first-order chi connectivity index (χ1) is 8.63. The number of amides is 2. The number of benzene rings is 1. The molecule has 3 N–H and O–H groups in total. The number of halogens is 2. The topological polar surface area (TPSA) is 70.6 Å². The van der Waals surface area contributed by atoms with E-state index in [9.17, 15) is 13.6 Å². The predicted octanol–water partition coefficient (Wildman–Crippen LogP) is 0.635. The van der Waals surface area contributed by atoms with Crippen LogP contribution in [0.25, 0.3) is 0 Å². The number of carbonyl (C=O) groups is 1. The average Bonchev–Trinajstić information content (AvgIpc) is 2.34. The molecule has 0 aromatic heterocycles. The molecule has 0 aliphatic heterocycles. The van der Waals surface area contributed by atoms with Crippen molar-refractivity contribution in [2.75, 3.05) is 26.3 Å². The van der Waals surface area contributed by atoms with Gasteiger partial charge in [0.15, 0.2) is 11.6 Å². The van der Waals surface area contributed by atoms with Crippen molar-refractivity contribution < 1.29 is 23.4 Å². The number of rotatable bonds is 6. The Morgan fingerprint density at radius 3 is 2.67 bits per heavy atom. The van der Waals surface area contributed by atoms with Gasteiger partial charge in [0.05, 0.1) is 13.2 Å². The molecule has 0 bridgehead atoms. The Kier molecular flexibility index (Phi) is 5.86. The monoisotopic (exact) mass is 260 g/mol. The highest BCUT2D eigenvalue weighted by Crippen LogP contribution is 2.17. The molecular weight excluding hydrogens is 246 g/mol. The van der Waals surface area contributed by atoms with Crippen LogP contribution >= 0.6 is 0 Å². The molecule has 0 aliphatic rings. The van der Waals surface area contributed by atoms with Gasteiger partial charge in [0.2, 0.25) is 0 Å². The van der Waals surface area contributed by atoms with E-state index in [-0.39, 0.29) is 32.1 Å². The summed E-state index contributed by atoms with van der Waals surface area (Å²) < 4.78 is 30.7. The highest BCUT2D eigenvalue weighted by Gasteiger charge is 2.04. The van der Waals surface area contributed by atoms with Gasteiger partial charge in [-0.3, -0.25) is 0 Å².